The molecule has 1 N–H and O–H groups in total. The fourth-order valence-electron chi connectivity index (χ4n) is 3.73. The summed E-state index contributed by atoms with van der Waals surface area (Å²) in [6.07, 6.45) is 1.21. The zero-order valence-electron chi connectivity index (χ0n) is 15.9. The first kappa shape index (κ1) is 18.8. The SMILES string of the molecule is C[C@H](NC(=O)Cn1c(=O)c(C#N)c2n(c1=O)CCC2)c1ccc2c(c1)OCCO2. The topological polar surface area (TPSA) is 115 Å². The lowest BCUT2D eigenvalue weighted by molar-refractivity contribution is -0.122. The molecule has 0 aliphatic carbocycles. The Kier molecular flexibility index (Phi) is 4.84. The van der Waals surface area contributed by atoms with Gasteiger partial charge < -0.3 is 14.8 Å². The number of aromatic nitrogens is 2. The van der Waals surface area contributed by atoms with Crippen LogP contribution in [0.25, 0.3) is 0 Å². The minimum Gasteiger partial charge on any atom is -0.486 e. The van der Waals surface area contributed by atoms with Gasteiger partial charge in [0.15, 0.2) is 11.5 Å². The molecule has 0 saturated heterocycles. The second-order valence-electron chi connectivity index (χ2n) is 7.05. The van der Waals surface area contributed by atoms with Crippen LogP contribution in [-0.4, -0.2) is 28.3 Å². The third kappa shape index (κ3) is 3.38. The summed E-state index contributed by atoms with van der Waals surface area (Å²) in [5.41, 5.74) is -0.0617. The highest BCUT2D eigenvalue weighted by Gasteiger charge is 2.24. The van der Waals surface area contributed by atoms with Crippen LogP contribution in [0.4, 0.5) is 0 Å². The second-order valence-corrected chi connectivity index (χ2v) is 7.05. The number of benzene rings is 1. The van der Waals surface area contributed by atoms with Crippen molar-refractivity contribution in [2.45, 2.75) is 38.9 Å². The molecular weight excluding hydrogens is 376 g/mol. The molecule has 0 unspecified atom stereocenters. The normalized spacial score (nSPS) is 15.3. The molecule has 3 heterocycles. The molecule has 2 aliphatic heterocycles. The number of carbonyl (C=O) groups excluding carboxylic acids is 1. The lowest BCUT2D eigenvalue weighted by Gasteiger charge is -2.21. The van der Waals surface area contributed by atoms with Gasteiger partial charge in [0.1, 0.15) is 31.4 Å². The van der Waals surface area contributed by atoms with Crippen molar-refractivity contribution >= 4 is 5.91 Å². The number of hydrogen-bond acceptors (Lipinski definition) is 6. The van der Waals surface area contributed by atoms with Gasteiger partial charge in [-0.3, -0.25) is 14.2 Å². The minimum atomic E-state index is -0.715. The molecule has 1 atom stereocenters. The lowest BCUT2D eigenvalue weighted by Crippen LogP contribution is -2.45. The van der Waals surface area contributed by atoms with Gasteiger partial charge in [0.05, 0.1) is 6.04 Å². The van der Waals surface area contributed by atoms with E-state index in [2.05, 4.69) is 5.32 Å². The summed E-state index contributed by atoms with van der Waals surface area (Å²) in [6, 6.07) is 6.91. The number of nitriles is 1. The van der Waals surface area contributed by atoms with Crippen molar-refractivity contribution < 1.29 is 14.3 Å². The maximum Gasteiger partial charge on any atom is 0.331 e. The minimum absolute atomic E-state index is 0.0604. The molecule has 29 heavy (non-hydrogen) atoms. The van der Waals surface area contributed by atoms with Gasteiger partial charge in [-0.1, -0.05) is 6.07 Å². The fourth-order valence-corrected chi connectivity index (χ4v) is 3.73. The second kappa shape index (κ2) is 7.47. The summed E-state index contributed by atoms with van der Waals surface area (Å²) >= 11 is 0. The summed E-state index contributed by atoms with van der Waals surface area (Å²) in [5.74, 6) is 0.774. The maximum absolute atomic E-state index is 12.6. The Balaban J connectivity index is 1.54. The van der Waals surface area contributed by atoms with Gasteiger partial charge in [0.2, 0.25) is 5.91 Å². The molecule has 9 nitrogen and oxygen atoms in total. The molecule has 1 aromatic heterocycles. The summed E-state index contributed by atoms with van der Waals surface area (Å²) in [6.45, 7) is 2.75. The lowest BCUT2D eigenvalue weighted by atomic mass is 10.1. The van der Waals surface area contributed by atoms with Crippen LogP contribution in [0.1, 0.15) is 36.2 Å². The van der Waals surface area contributed by atoms with Crippen LogP contribution < -0.4 is 26.0 Å². The molecular formula is C20H20N4O5. The van der Waals surface area contributed by atoms with Crippen molar-refractivity contribution in [1.82, 2.24) is 14.5 Å². The van der Waals surface area contributed by atoms with E-state index in [0.717, 1.165) is 10.1 Å². The maximum atomic E-state index is 12.6. The Bertz CT molecular complexity index is 1140. The highest BCUT2D eigenvalue weighted by Crippen LogP contribution is 2.32. The van der Waals surface area contributed by atoms with Crippen molar-refractivity contribution in [3.05, 3.63) is 55.9 Å². The van der Waals surface area contributed by atoms with Crippen molar-refractivity contribution in [2.75, 3.05) is 13.2 Å². The predicted octanol–water partition coefficient (Wildman–Crippen LogP) is 0.476. The first-order valence-electron chi connectivity index (χ1n) is 9.45. The van der Waals surface area contributed by atoms with E-state index in [9.17, 15) is 19.6 Å². The summed E-state index contributed by atoms with van der Waals surface area (Å²) in [7, 11) is 0. The zero-order chi connectivity index (χ0) is 20.5. The monoisotopic (exact) mass is 396 g/mol. The summed E-state index contributed by atoms with van der Waals surface area (Å²) in [4.78, 5) is 37.7. The summed E-state index contributed by atoms with van der Waals surface area (Å²) in [5, 5.41) is 12.1. The molecule has 0 spiro atoms. The van der Waals surface area contributed by atoms with E-state index in [4.69, 9.17) is 9.47 Å². The van der Waals surface area contributed by atoms with Crippen LogP contribution in [-0.2, 0) is 24.3 Å². The van der Waals surface area contributed by atoms with Gasteiger partial charge in [0, 0.05) is 12.2 Å². The molecule has 4 rings (SSSR count). The summed E-state index contributed by atoms with van der Waals surface area (Å²) < 4.78 is 13.3. The number of ether oxygens (including phenoxy) is 2. The molecule has 1 aromatic carbocycles. The smallest absolute Gasteiger partial charge is 0.331 e. The number of fused-ring (bicyclic) bond motifs is 2. The highest BCUT2D eigenvalue weighted by molar-refractivity contribution is 5.76. The Morgan fingerprint density at radius 1 is 1.28 bits per heavy atom. The molecule has 0 radical (unpaired) electrons. The van der Waals surface area contributed by atoms with Crippen molar-refractivity contribution in [3.63, 3.8) is 0 Å². The standard InChI is InChI=1S/C20H20N4O5/c1-12(13-4-5-16-17(9-13)29-8-7-28-16)22-18(25)11-24-19(26)14(10-21)15-3-2-6-23(15)20(24)27/h4-5,9,12H,2-3,6-8,11H2,1H3,(H,22,25)/t12-/m0/s1. The molecule has 150 valence electrons. The van der Waals surface area contributed by atoms with Crippen LogP contribution in [0.2, 0.25) is 0 Å². The number of hydrogen-bond donors (Lipinski definition) is 1. The van der Waals surface area contributed by atoms with Crippen LogP contribution >= 0.6 is 0 Å². The molecule has 2 aromatic rings. The van der Waals surface area contributed by atoms with Crippen LogP contribution in [0.15, 0.2) is 27.8 Å². The third-order valence-corrected chi connectivity index (χ3v) is 5.19. The van der Waals surface area contributed by atoms with E-state index in [0.29, 0.717) is 49.8 Å². The largest absolute Gasteiger partial charge is 0.486 e. The number of nitrogens with zero attached hydrogens (tertiary/aromatic N) is 3. The molecule has 9 heteroatoms. The van der Waals surface area contributed by atoms with Gasteiger partial charge in [-0.15, -0.1) is 0 Å². The van der Waals surface area contributed by atoms with Crippen LogP contribution in [0.3, 0.4) is 0 Å². The zero-order valence-corrected chi connectivity index (χ0v) is 15.9. The Labute approximate surface area is 166 Å². The average Bonchev–Trinajstić information content (AvgIpc) is 3.21. The van der Waals surface area contributed by atoms with Gasteiger partial charge in [-0.05, 0) is 37.5 Å². The molecule has 0 bridgehead atoms. The Hall–Kier alpha value is -3.54. The van der Waals surface area contributed by atoms with Gasteiger partial charge in [-0.2, -0.15) is 5.26 Å². The third-order valence-electron chi connectivity index (χ3n) is 5.19. The van der Waals surface area contributed by atoms with E-state index < -0.39 is 23.7 Å². The van der Waals surface area contributed by atoms with Crippen molar-refractivity contribution in [1.29, 1.82) is 5.26 Å². The quantitative estimate of drug-likeness (QED) is 0.804. The van der Waals surface area contributed by atoms with E-state index in [1.165, 1.54) is 4.57 Å². The molecule has 0 fully saturated rings. The van der Waals surface area contributed by atoms with E-state index in [1.54, 1.807) is 19.1 Å². The predicted molar refractivity (Wildman–Crippen MR) is 102 cm³/mol. The average molecular weight is 396 g/mol. The van der Waals surface area contributed by atoms with E-state index in [-0.39, 0.29) is 11.6 Å². The van der Waals surface area contributed by atoms with Crippen LogP contribution in [0, 0.1) is 11.3 Å². The Morgan fingerprint density at radius 2 is 2.03 bits per heavy atom. The number of rotatable bonds is 4. The van der Waals surface area contributed by atoms with Gasteiger partial charge in [-0.25, -0.2) is 9.36 Å². The fraction of sp³-hybridized carbons (Fsp3) is 0.400. The Morgan fingerprint density at radius 3 is 2.79 bits per heavy atom. The molecule has 0 saturated carbocycles. The first-order valence-corrected chi connectivity index (χ1v) is 9.45. The molecule has 1 amide bonds. The van der Waals surface area contributed by atoms with Gasteiger partial charge >= 0.3 is 5.69 Å². The van der Waals surface area contributed by atoms with Crippen molar-refractivity contribution in [2.24, 2.45) is 0 Å². The first-order chi connectivity index (χ1) is 14.0. The van der Waals surface area contributed by atoms with Gasteiger partial charge in [0.25, 0.3) is 5.56 Å². The highest BCUT2D eigenvalue weighted by atomic mass is 16.6. The number of amides is 1. The van der Waals surface area contributed by atoms with E-state index in [1.807, 2.05) is 12.1 Å². The molecule has 2 aliphatic rings. The number of nitrogens with one attached hydrogen (secondary N) is 1. The van der Waals surface area contributed by atoms with Crippen molar-refractivity contribution in [3.8, 4) is 17.6 Å². The van der Waals surface area contributed by atoms with Crippen LogP contribution in [0.5, 0.6) is 11.5 Å². The van der Waals surface area contributed by atoms with E-state index >= 15 is 0 Å². The number of carbonyl (C=O) groups is 1.